The summed E-state index contributed by atoms with van der Waals surface area (Å²) in [6.45, 7) is 0.724. The number of benzene rings is 1. The van der Waals surface area contributed by atoms with Crippen molar-refractivity contribution in [1.29, 1.82) is 0 Å². The van der Waals surface area contributed by atoms with Crippen molar-refractivity contribution in [3.63, 3.8) is 0 Å². The van der Waals surface area contributed by atoms with E-state index in [0.717, 1.165) is 29.1 Å². The number of thioether (sulfide) groups is 1. The number of pyridine rings is 1. The summed E-state index contributed by atoms with van der Waals surface area (Å²) in [6, 6.07) is 11.0. The second kappa shape index (κ2) is 8.62. The summed E-state index contributed by atoms with van der Waals surface area (Å²) in [7, 11) is 5.89. The lowest BCUT2D eigenvalue weighted by molar-refractivity contribution is 0.615. The highest BCUT2D eigenvalue weighted by atomic mass is 32.2. The van der Waals surface area contributed by atoms with Gasteiger partial charge in [-0.2, -0.15) is 11.8 Å². The molecule has 5 nitrogen and oxygen atoms in total. The van der Waals surface area contributed by atoms with Crippen molar-refractivity contribution >= 4 is 34.4 Å². The van der Waals surface area contributed by atoms with Crippen LogP contribution in [0.4, 0.5) is 5.82 Å². The Morgan fingerprint density at radius 2 is 2.12 bits per heavy atom. The molecule has 1 aliphatic rings. The Balaban J connectivity index is 1.72. The zero-order chi connectivity index (χ0) is 18.5. The number of guanidine groups is 1. The Labute approximate surface area is 160 Å². The smallest absolute Gasteiger partial charge is 0.191 e. The number of nitrogens with zero attached hydrogens (tertiary/aromatic N) is 3. The first-order chi connectivity index (χ1) is 12.6. The topological polar surface area (TPSA) is 52.6 Å². The van der Waals surface area contributed by atoms with Gasteiger partial charge in [0.25, 0.3) is 0 Å². The van der Waals surface area contributed by atoms with Crippen molar-refractivity contribution in [2.75, 3.05) is 32.3 Å². The predicted octanol–water partition coefficient (Wildman–Crippen LogP) is 3.25. The number of para-hydroxylation sites is 1. The molecular weight excluding hydrogens is 342 g/mol. The maximum Gasteiger partial charge on any atom is 0.191 e. The molecule has 1 saturated carbocycles. The molecule has 0 aliphatic heterocycles. The highest BCUT2D eigenvalue weighted by Crippen LogP contribution is 2.28. The fourth-order valence-corrected chi connectivity index (χ4v) is 4.26. The van der Waals surface area contributed by atoms with Gasteiger partial charge in [0.15, 0.2) is 5.96 Å². The van der Waals surface area contributed by atoms with Gasteiger partial charge in [-0.1, -0.05) is 18.2 Å². The lowest BCUT2D eigenvalue weighted by Gasteiger charge is -2.19. The average molecular weight is 372 g/mol. The van der Waals surface area contributed by atoms with Crippen LogP contribution in [-0.4, -0.2) is 49.6 Å². The molecule has 3 rings (SSSR count). The predicted molar refractivity (Wildman–Crippen MR) is 114 cm³/mol. The van der Waals surface area contributed by atoms with Gasteiger partial charge < -0.3 is 15.5 Å². The van der Waals surface area contributed by atoms with Gasteiger partial charge in [-0.05, 0) is 43.2 Å². The van der Waals surface area contributed by atoms with Crippen molar-refractivity contribution in [1.82, 2.24) is 15.6 Å². The van der Waals surface area contributed by atoms with E-state index < -0.39 is 0 Å². The third-order valence-corrected chi connectivity index (χ3v) is 6.07. The van der Waals surface area contributed by atoms with Crippen molar-refractivity contribution < 1.29 is 0 Å². The molecule has 0 saturated heterocycles. The quantitative estimate of drug-likeness (QED) is 0.624. The Kier molecular flexibility index (Phi) is 6.25. The normalized spacial score (nSPS) is 20.4. The Morgan fingerprint density at radius 3 is 2.81 bits per heavy atom. The van der Waals surface area contributed by atoms with E-state index in [1.807, 2.05) is 43.9 Å². The monoisotopic (exact) mass is 371 g/mol. The molecule has 0 bridgehead atoms. The molecule has 1 aromatic carbocycles. The van der Waals surface area contributed by atoms with Crippen LogP contribution in [0.5, 0.6) is 0 Å². The number of fused-ring (bicyclic) bond motifs is 1. The molecule has 2 aromatic rings. The van der Waals surface area contributed by atoms with Crippen LogP contribution in [0.1, 0.15) is 24.8 Å². The van der Waals surface area contributed by atoms with Gasteiger partial charge in [-0.25, -0.2) is 4.98 Å². The van der Waals surface area contributed by atoms with E-state index in [1.165, 1.54) is 30.2 Å². The van der Waals surface area contributed by atoms with Gasteiger partial charge in [0.2, 0.25) is 0 Å². The Bertz CT molecular complexity index is 774. The Morgan fingerprint density at radius 1 is 1.31 bits per heavy atom. The number of hydrogen-bond acceptors (Lipinski definition) is 4. The number of aromatic nitrogens is 1. The minimum atomic E-state index is 0.519. The summed E-state index contributed by atoms with van der Waals surface area (Å²) in [4.78, 5) is 11.2. The van der Waals surface area contributed by atoms with Gasteiger partial charge in [0, 0.05) is 44.4 Å². The zero-order valence-corrected chi connectivity index (χ0v) is 16.9. The maximum absolute atomic E-state index is 4.73. The van der Waals surface area contributed by atoms with Crippen molar-refractivity contribution in [2.45, 2.75) is 37.1 Å². The molecule has 26 heavy (non-hydrogen) atoms. The molecule has 0 amide bonds. The summed E-state index contributed by atoms with van der Waals surface area (Å²) in [5, 5.41) is 9.03. The second-order valence-corrected chi connectivity index (χ2v) is 8.13. The van der Waals surface area contributed by atoms with Gasteiger partial charge in [-0.3, -0.25) is 4.99 Å². The first-order valence-electron chi connectivity index (χ1n) is 9.16. The van der Waals surface area contributed by atoms with Crippen LogP contribution < -0.4 is 15.5 Å². The highest BCUT2D eigenvalue weighted by Gasteiger charge is 2.24. The fourth-order valence-electron chi connectivity index (χ4n) is 3.46. The average Bonchev–Trinajstić information content (AvgIpc) is 3.12. The summed E-state index contributed by atoms with van der Waals surface area (Å²) in [6.07, 6.45) is 5.92. The van der Waals surface area contributed by atoms with Crippen molar-refractivity contribution in [3.05, 3.63) is 35.9 Å². The summed E-state index contributed by atoms with van der Waals surface area (Å²) in [5.41, 5.74) is 2.26. The molecule has 1 heterocycles. The molecule has 2 atom stereocenters. The van der Waals surface area contributed by atoms with Crippen LogP contribution in [0.25, 0.3) is 10.9 Å². The molecule has 2 N–H and O–H groups in total. The van der Waals surface area contributed by atoms with Crippen LogP contribution in [0.3, 0.4) is 0 Å². The van der Waals surface area contributed by atoms with E-state index in [9.17, 15) is 0 Å². The number of rotatable bonds is 5. The van der Waals surface area contributed by atoms with Crippen LogP contribution in [0.2, 0.25) is 0 Å². The molecular formula is C20H29N5S. The molecule has 0 spiro atoms. The third-order valence-electron chi connectivity index (χ3n) is 4.98. The first-order valence-corrected chi connectivity index (χ1v) is 10.5. The number of anilines is 1. The molecule has 1 fully saturated rings. The van der Waals surface area contributed by atoms with E-state index in [0.29, 0.717) is 6.04 Å². The molecule has 140 valence electrons. The first kappa shape index (κ1) is 18.8. The third kappa shape index (κ3) is 4.41. The Hall–Kier alpha value is -1.95. The van der Waals surface area contributed by atoms with Crippen molar-refractivity contribution in [2.24, 2.45) is 4.99 Å². The maximum atomic E-state index is 4.73. The minimum absolute atomic E-state index is 0.519. The summed E-state index contributed by atoms with van der Waals surface area (Å²) in [5.74, 6) is 1.85. The fraction of sp³-hybridized carbons (Fsp3) is 0.500. The van der Waals surface area contributed by atoms with Gasteiger partial charge in [-0.15, -0.1) is 0 Å². The van der Waals surface area contributed by atoms with E-state index in [-0.39, 0.29) is 0 Å². The molecule has 2 unspecified atom stereocenters. The van der Waals surface area contributed by atoms with E-state index in [4.69, 9.17) is 4.98 Å². The SMILES string of the molecule is CN=C(NCc1cc(N(C)C)nc2ccccc12)NC1CCC(SC)C1. The van der Waals surface area contributed by atoms with Crippen LogP contribution in [0, 0.1) is 0 Å². The highest BCUT2D eigenvalue weighted by molar-refractivity contribution is 7.99. The largest absolute Gasteiger partial charge is 0.363 e. The zero-order valence-electron chi connectivity index (χ0n) is 16.1. The van der Waals surface area contributed by atoms with E-state index in [1.54, 1.807) is 0 Å². The van der Waals surface area contributed by atoms with Crippen LogP contribution in [-0.2, 0) is 6.54 Å². The standard InChI is InChI=1S/C20H29N5S/c1-21-20(23-15-9-10-16(12-15)26-4)22-13-14-11-19(25(2)3)24-18-8-6-5-7-17(14)18/h5-8,11,15-16H,9-10,12-13H2,1-4H3,(H2,21,22,23). The van der Waals surface area contributed by atoms with Gasteiger partial charge >= 0.3 is 0 Å². The van der Waals surface area contributed by atoms with Crippen molar-refractivity contribution in [3.8, 4) is 0 Å². The van der Waals surface area contributed by atoms with Gasteiger partial charge in [0.1, 0.15) is 5.82 Å². The summed E-state index contributed by atoms with van der Waals surface area (Å²) < 4.78 is 0. The number of hydrogen-bond donors (Lipinski definition) is 2. The van der Waals surface area contributed by atoms with E-state index >= 15 is 0 Å². The molecule has 6 heteroatoms. The van der Waals surface area contributed by atoms with Gasteiger partial charge in [0.05, 0.1) is 5.52 Å². The molecule has 1 aliphatic carbocycles. The van der Waals surface area contributed by atoms with Crippen LogP contribution >= 0.6 is 11.8 Å². The molecule has 1 aromatic heterocycles. The molecule has 0 radical (unpaired) electrons. The lowest BCUT2D eigenvalue weighted by atomic mass is 10.1. The summed E-state index contributed by atoms with van der Waals surface area (Å²) >= 11 is 1.97. The lowest BCUT2D eigenvalue weighted by Crippen LogP contribution is -2.42. The van der Waals surface area contributed by atoms with E-state index in [2.05, 4.69) is 46.1 Å². The number of aliphatic imine (C=N–C) groups is 1. The second-order valence-electron chi connectivity index (χ2n) is 6.99. The minimum Gasteiger partial charge on any atom is -0.363 e. The number of nitrogens with one attached hydrogen (secondary N) is 2. The van der Waals surface area contributed by atoms with Crippen LogP contribution in [0.15, 0.2) is 35.3 Å².